The molecule has 2 N–H and O–H groups in total. The average molecular weight is 496 g/mol. The van der Waals surface area contributed by atoms with Crippen LogP contribution in [-0.4, -0.2) is 44.9 Å². The van der Waals surface area contributed by atoms with Gasteiger partial charge in [0.25, 0.3) is 11.8 Å². The van der Waals surface area contributed by atoms with Crippen LogP contribution < -0.4 is 20.3 Å². The molecule has 5 heterocycles. The molecule has 4 aromatic rings. The molecule has 11 heteroatoms. The van der Waals surface area contributed by atoms with E-state index in [0.29, 0.717) is 48.3 Å². The first kappa shape index (κ1) is 22.4. The lowest BCUT2D eigenvalue weighted by molar-refractivity contribution is -0.137. The summed E-state index contributed by atoms with van der Waals surface area (Å²) in [6, 6.07) is 13.6. The number of barbiturate groups is 1. The summed E-state index contributed by atoms with van der Waals surface area (Å²) in [5.41, 5.74) is 1.51. The second kappa shape index (κ2) is 8.86. The van der Waals surface area contributed by atoms with Gasteiger partial charge in [-0.1, -0.05) is 0 Å². The Bertz CT molecular complexity index is 1460. The van der Waals surface area contributed by atoms with E-state index in [2.05, 4.69) is 25.6 Å². The minimum absolute atomic E-state index is 0.304. The first-order valence-electron chi connectivity index (χ1n) is 11.6. The standard InChI is InChI=1S/C26H20N6O5/c33-23-26(24(34)31-25(35)30-23)10-1-13-32(26)18-4-7-21(28-14-18)37-19-5-2-16(3-6-19)20-15-36-22(29-20)17-8-11-27-12-9-17/h2-9,11-12,14-15H,1,10,13H2,(H2,30,31,33,34,35). The molecule has 0 atom stereocenters. The van der Waals surface area contributed by atoms with Gasteiger partial charge < -0.3 is 14.1 Å². The summed E-state index contributed by atoms with van der Waals surface area (Å²) in [6.45, 7) is 0.475. The number of benzene rings is 1. The number of hydrogen-bond acceptors (Lipinski definition) is 9. The Kier molecular flexibility index (Phi) is 5.37. The van der Waals surface area contributed by atoms with Crippen LogP contribution in [0.1, 0.15) is 12.8 Å². The number of nitrogens with one attached hydrogen (secondary N) is 2. The summed E-state index contributed by atoms with van der Waals surface area (Å²) < 4.78 is 11.5. The molecule has 0 bridgehead atoms. The third kappa shape index (κ3) is 3.96. The van der Waals surface area contributed by atoms with Gasteiger partial charge in [0, 0.05) is 36.1 Å². The highest BCUT2D eigenvalue weighted by Gasteiger charge is 2.57. The number of pyridine rings is 2. The van der Waals surface area contributed by atoms with Crippen molar-refractivity contribution in [3.63, 3.8) is 0 Å². The van der Waals surface area contributed by atoms with Crippen LogP contribution in [0.5, 0.6) is 11.6 Å². The van der Waals surface area contributed by atoms with E-state index in [4.69, 9.17) is 9.15 Å². The van der Waals surface area contributed by atoms with E-state index in [1.54, 1.807) is 54.0 Å². The Hall–Kier alpha value is -5.06. The molecule has 2 saturated heterocycles. The number of aromatic nitrogens is 3. The minimum Gasteiger partial charge on any atom is -0.444 e. The molecule has 2 fully saturated rings. The summed E-state index contributed by atoms with van der Waals surface area (Å²) in [6.07, 6.45) is 7.43. The molecule has 37 heavy (non-hydrogen) atoms. The first-order chi connectivity index (χ1) is 18.0. The number of imide groups is 2. The smallest absolute Gasteiger partial charge is 0.328 e. The zero-order valence-electron chi connectivity index (χ0n) is 19.4. The number of urea groups is 1. The van der Waals surface area contributed by atoms with Crippen LogP contribution in [0.25, 0.3) is 22.7 Å². The van der Waals surface area contributed by atoms with E-state index in [1.165, 1.54) is 0 Å². The first-order valence-corrected chi connectivity index (χ1v) is 11.6. The van der Waals surface area contributed by atoms with Gasteiger partial charge in [0.2, 0.25) is 11.8 Å². The number of ether oxygens (including phenoxy) is 1. The summed E-state index contributed by atoms with van der Waals surface area (Å²) in [4.78, 5) is 51.4. The third-order valence-corrected chi connectivity index (χ3v) is 6.42. The van der Waals surface area contributed by atoms with Gasteiger partial charge in [0.1, 0.15) is 17.7 Å². The van der Waals surface area contributed by atoms with Crippen LogP contribution >= 0.6 is 0 Å². The lowest BCUT2D eigenvalue weighted by atomic mass is 9.92. The number of anilines is 1. The Balaban J connectivity index is 1.16. The van der Waals surface area contributed by atoms with Gasteiger partial charge in [-0.05, 0) is 55.3 Å². The van der Waals surface area contributed by atoms with E-state index in [0.717, 1.165) is 11.1 Å². The van der Waals surface area contributed by atoms with Gasteiger partial charge in [0.15, 0.2) is 5.54 Å². The number of amides is 4. The quantitative estimate of drug-likeness (QED) is 0.398. The number of oxazole rings is 1. The lowest BCUT2D eigenvalue weighted by Gasteiger charge is -2.38. The molecule has 3 aromatic heterocycles. The van der Waals surface area contributed by atoms with E-state index in [1.807, 2.05) is 24.3 Å². The summed E-state index contributed by atoms with van der Waals surface area (Å²) >= 11 is 0. The number of carbonyl (C=O) groups is 3. The summed E-state index contributed by atoms with van der Waals surface area (Å²) in [5.74, 6) is 0.179. The molecule has 11 nitrogen and oxygen atoms in total. The summed E-state index contributed by atoms with van der Waals surface area (Å²) in [7, 11) is 0. The van der Waals surface area contributed by atoms with Gasteiger partial charge in [-0.3, -0.25) is 25.2 Å². The molecular formula is C26H20N6O5. The molecule has 0 saturated carbocycles. The molecule has 184 valence electrons. The van der Waals surface area contributed by atoms with Crippen LogP contribution in [0.2, 0.25) is 0 Å². The highest BCUT2D eigenvalue weighted by Crippen LogP contribution is 2.36. The number of hydrogen-bond donors (Lipinski definition) is 2. The van der Waals surface area contributed by atoms with Crippen LogP contribution in [0.4, 0.5) is 10.5 Å². The summed E-state index contributed by atoms with van der Waals surface area (Å²) in [5, 5.41) is 4.41. The predicted octanol–water partition coefficient (Wildman–Crippen LogP) is 3.30. The van der Waals surface area contributed by atoms with E-state index in [-0.39, 0.29) is 0 Å². The van der Waals surface area contributed by atoms with Gasteiger partial charge in [-0.25, -0.2) is 14.8 Å². The van der Waals surface area contributed by atoms with Crippen LogP contribution in [0, 0.1) is 0 Å². The predicted molar refractivity (Wildman–Crippen MR) is 130 cm³/mol. The van der Waals surface area contributed by atoms with E-state index < -0.39 is 23.4 Å². The zero-order chi connectivity index (χ0) is 25.4. The second-order valence-electron chi connectivity index (χ2n) is 8.61. The molecule has 1 spiro atoms. The number of carbonyl (C=O) groups excluding carboxylic acids is 3. The Labute approximate surface area is 210 Å². The second-order valence-corrected chi connectivity index (χ2v) is 8.61. The van der Waals surface area contributed by atoms with Crippen molar-refractivity contribution in [2.75, 3.05) is 11.4 Å². The SMILES string of the molecule is O=C1NC(=O)C2(CCCN2c2ccc(Oc3ccc(-c4coc(-c5ccncc5)n4)cc3)nc2)C(=O)N1. The molecule has 2 aliphatic heterocycles. The highest BCUT2D eigenvalue weighted by atomic mass is 16.5. The molecule has 6 rings (SSSR count). The van der Waals surface area contributed by atoms with E-state index in [9.17, 15) is 14.4 Å². The fourth-order valence-corrected chi connectivity index (χ4v) is 4.63. The molecule has 0 unspecified atom stereocenters. The molecular weight excluding hydrogens is 476 g/mol. The van der Waals surface area contributed by atoms with Crippen molar-refractivity contribution in [1.82, 2.24) is 25.6 Å². The minimum atomic E-state index is -1.47. The lowest BCUT2D eigenvalue weighted by Crippen LogP contribution is -2.71. The van der Waals surface area contributed by atoms with Crippen LogP contribution in [-0.2, 0) is 9.59 Å². The maximum Gasteiger partial charge on any atom is 0.328 e. The van der Waals surface area contributed by atoms with Crippen molar-refractivity contribution >= 4 is 23.5 Å². The fraction of sp³-hybridized carbons (Fsp3) is 0.154. The van der Waals surface area contributed by atoms with Gasteiger partial charge >= 0.3 is 6.03 Å². The van der Waals surface area contributed by atoms with Crippen molar-refractivity contribution in [3.8, 4) is 34.3 Å². The van der Waals surface area contributed by atoms with Crippen molar-refractivity contribution in [2.45, 2.75) is 18.4 Å². The average Bonchev–Trinajstić information content (AvgIpc) is 3.58. The van der Waals surface area contributed by atoms with Gasteiger partial charge in [-0.15, -0.1) is 0 Å². The molecule has 0 radical (unpaired) electrons. The Morgan fingerprint density at radius 3 is 2.38 bits per heavy atom. The zero-order valence-corrected chi connectivity index (χ0v) is 19.4. The maximum absolute atomic E-state index is 12.6. The topological polar surface area (TPSA) is 140 Å². The van der Waals surface area contributed by atoms with Crippen molar-refractivity contribution < 1.29 is 23.5 Å². The Morgan fingerprint density at radius 2 is 1.68 bits per heavy atom. The van der Waals surface area contributed by atoms with Crippen LogP contribution in [0.3, 0.4) is 0 Å². The highest BCUT2D eigenvalue weighted by molar-refractivity contribution is 6.24. The maximum atomic E-state index is 12.6. The normalized spacial score (nSPS) is 16.5. The number of rotatable bonds is 5. The van der Waals surface area contributed by atoms with Crippen LogP contribution in [0.15, 0.2) is 77.8 Å². The number of nitrogens with zero attached hydrogens (tertiary/aromatic N) is 4. The fourth-order valence-electron chi connectivity index (χ4n) is 4.63. The largest absolute Gasteiger partial charge is 0.444 e. The molecule has 1 aromatic carbocycles. The van der Waals surface area contributed by atoms with E-state index >= 15 is 0 Å². The molecule has 2 aliphatic rings. The Morgan fingerprint density at radius 1 is 0.919 bits per heavy atom. The monoisotopic (exact) mass is 496 g/mol. The molecule has 4 amide bonds. The van der Waals surface area contributed by atoms with Gasteiger partial charge in [0.05, 0.1) is 11.9 Å². The van der Waals surface area contributed by atoms with Gasteiger partial charge in [-0.2, -0.15) is 0 Å². The third-order valence-electron chi connectivity index (χ3n) is 6.42. The molecule has 0 aliphatic carbocycles. The van der Waals surface area contributed by atoms with Crippen molar-refractivity contribution in [3.05, 3.63) is 73.4 Å². The van der Waals surface area contributed by atoms with Crippen molar-refractivity contribution in [1.29, 1.82) is 0 Å². The van der Waals surface area contributed by atoms with Crippen molar-refractivity contribution in [2.24, 2.45) is 0 Å².